The van der Waals surface area contributed by atoms with Gasteiger partial charge in [-0.15, -0.1) is 5.10 Å². The molecular weight excluding hydrogens is 343 g/mol. The van der Waals surface area contributed by atoms with Crippen LogP contribution in [0.3, 0.4) is 0 Å². The number of aryl methyl sites for hydroxylation is 2. The average molecular weight is 367 g/mol. The Labute approximate surface area is 152 Å². The van der Waals surface area contributed by atoms with Gasteiger partial charge < -0.3 is 4.79 Å². The molecule has 0 fully saturated rings. The zero-order valence-electron chi connectivity index (χ0n) is 13.0. The Bertz CT molecular complexity index is 419. The van der Waals surface area contributed by atoms with E-state index in [4.69, 9.17) is 0 Å². The fraction of sp³-hybridized carbons (Fsp3) is 0.733. The standard InChI is InChI=1S/C15H24N3O2.Y/c1-13(2)15(20)9-5-4-8-14-12-18(17-16-14)10-6-3-7-11-19;/h12-13H,3-10H2,1-2H3;/q-1;. The van der Waals surface area contributed by atoms with Gasteiger partial charge in [0.15, 0.2) is 0 Å². The van der Waals surface area contributed by atoms with Crippen LogP contribution in [0.25, 0.3) is 0 Å². The topological polar surface area (TPSA) is 64.8 Å². The Balaban J connectivity index is 0.00000400. The number of carbonyl (C=O) groups excluding carboxylic acids is 2. The molecule has 1 aromatic rings. The minimum absolute atomic E-state index is 0. The Hall–Kier alpha value is -0.416. The molecule has 6 heteroatoms. The molecule has 0 saturated carbocycles. The van der Waals surface area contributed by atoms with E-state index in [2.05, 4.69) is 10.3 Å². The number of ketones is 1. The van der Waals surface area contributed by atoms with Crippen LogP contribution < -0.4 is 0 Å². The molecule has 0 saturated heterocycles. The molecular formula is C15H24N3O2Y-. The maximum Gasteiger partial charge on any atom is 0.135 e. The van der Waals surface area contributed by atoms with Crippen molar-refractivity contribution in [3.05, 3.63) is 11.9 Å². The Kier molecular flexibility index (Phi) is 11.9. The van der Waals surface area contributed by atoms with Crippen molar-refractivity contribution in [1.82, 2.24) is 15.0 Å². The van der Waals surface area contributed by atoms with Crippen molar-refractivity contribution in [2.75, 3.05) is 0 Å². The molecule has 0 amide bonds. The van der Waals surface area contributed by atoms with Crippen molar-refractivity contribution < 1.29 is 42.3 Å². The molecule has 0 aliphatic carbocycles. The van der Waals surface area contributed by atoms with Crippen LogP contribution in [0.15, 0.2) is 6.20 Å². The SMILES string of the molecule is CC(C)C(=O)CCCCc1cn(CCCC[C-]=O)nn1.[Y]. The van der Waals surface area contributed by atoms with Gasteiger partial charge in [-0.3, -0.25) is 15.8 Å². The Morgan fingerprint density at radius 2 is 2.05 bits per heavy atom. The molecule has 0 unspecified atom stereocenters. The van der Waals surface area contributed by atoms with Gasteiger partial charge >= 0.3 is 0 Å². The summed E-state index contributed by atoms with van der Waals surface area (Å²) in [6, 6.07) is 0. The predicted molar refractivity (Wildman–Crippen MR) is 77.0 cm³/mol. The van der Waals surface area contributed by atoms with Crippen LogP contribution in [0.1, 0.15) is 58.1 Å². The summed E-state index contributed by atoms with van der Waals surface area (Å²) >= 11 is 0. The Morgan fingerprint density at radius 3 is 2.71 bits per heavy atom. The van der Waals surface area contributed by atoms with Gasteiger partial charge in [0.05, 0.1) is 5.69 Å². The van der Waals surface area contributed by atoms with Crippen LogP contribution >= 0.6 is 0 Å². The quantitative estimate of drug-likeness (QED) is 0.445. The number of carbonyl (C=O) groups is 1. The third-order valence-corrected chi connectivity index (χ3v) is 3.25. The van der Waals surface area contributed by atoms with E-state index in [1.54, 1.807) is 0 Å². The van der Waals surface area contributed by atoms with Gasteiger partial charge in [-0.1, -0.05) is 25.5 Å². The van der Waals surface area contributed by atoms with Crippen LogP contribution in [0, 0.1) is 5.92 Å². The first-order chi connectivity index (χ1) is 9.63. The van der Waals surface area contributed by atoms with Crippen molar-refractivity contribution in [1.29, 1.82) is 0 Å². The number of hydrogen-bond donors (Lipinski definition) is 0. The monoisotopic (exact) mass is 367 g/mol. The first kappa shape index (κ1) is 20.6. The second kappa shape index (κ2) is 12.2. The third-order valence-electron chi connectivity index (χ3n) is 3.25. The van der Waals surface area contributed by atoms with Gasteiger partial charge in [-0.25, -0.2) is 0 Å². The van der Waals surface area contributed by atoms with E-state index in [1.165, 1.54) is 0 Å². The maximum absolute atomic E-state index is 11.5. The van der Waals surface area contributed by atoms with Crippen LogP contribution in [-0.4, -0.2) is 27.1 Å². The summed E-state index contributed by atoms with van der Waals surface area (Å²) in [5.41, 5.74) is 0.976. The van der Waals surface area contributed by atoms with E-state index < -0.39 is 0 Å². The van der Waals surface area contributed by atoms with Crippen LogP contribution in [0.4, 0.5) is 0 Å². The van der Waals surface area contributed by atoms with E-state index in [-0.39, 0.29) is 38.6 Å². The average Bonchev–Trinajstić information content (AvgIpc) is 2.87. The molecule has 0 aliphatic heterocycles. The largest absolute Gasteiger partial charge is 0.542 e. The summed E-state index contributed by atoms with van der Waals surface area (Å²) in [6.07, 6.45) is 9.51. The minimum Gasteiger partial charge on any atom is -0.542 e. The second-order valence-corrected chi connectivity index (χ2v) is 5.40. The first-order valence-corrected chi connectivity index (χ1v) is 7.40. The summed E-state index contributed by atoms with van der Waals surface area (Å²) in [6.45, 7) is 4.67. The summed E-state index contributed by atoms with van der Waals surface area (Å²) in [5, 5.41) is 8.17. The van der Waals surface area contributed by atoms with Crippen LogP contribution in [-0.2, 0) is 55.3 Å². The van der Waals surface area contributed by atoms with Gasteiger partial charge in [0, 0.05) is 57.8 Å². The molecule has 115 valence electrons. The minimum atomic E-state index is 0. The third kappa shape index (κ3) is 9.25. The van der Waals surface area contributed by atoms with Gasteiger partial charge in [0.1, 0.15) is 5.78 Å². The summed E-state index contributed by atoms with van der Waals surface area (Å²) in [4.78, 5) is 21.5. The van der Waals surface area contributed by atoms with Crippen molar-refractivity contribution in [3.63, 3.8) is 0 Å². The number of aromatic nitrogens is 3. The van der Waals surface area contributed by atoms with E-state index in [0.717, 1.165) is 44.3 Å². The number of nitrogens with zero attached hydrogens (tertiary/aromatic N) is 3. The number of unbranched alkanes of at least 4 members (excludes halogenated alkanes) is 3. The van der Waals surface area contributed by atoms with Crippen LogP contribution in [0.5, 0.6) is 0 Å². The molecule has 0 N–H and O–H groups in total. The molecule has 0 bridgehead atoms. The van der Waals surface area contributed by atoms with Gasteiger partial charge in [-0.2, -0.15) is 6.42 Å². The molecule has 0 aliphatic rings. The van der Waals surface area contributed by atoms with Crippen molar-refractivity contribution in [2.24, 2.45) is 5.92 Å². The zero-order chi connectivity index (χ0) is 14.8. The first-order valence-electron chi connectivity index (χ1n) is 7.40. The normalized spacial score (nSPS) is 10.4. The van der Waals surface area contributed by atoms with Gasteiger partial charge in [0.2, 0.25) is 0 Å². The fourth-order valence-corrected chi connectivity index (χ4v) is 1.93. The maximum atomic E-state index is 11.5. The van der Waals surface area contributed by atoms with Crippen molar-refractivity contribution in [3.8, 4) is 0 Å². The Morgan fingerprint density at radius 1 is 1.29 bits per heavy atom. The zero-order valence-corrected chi connectivity index (χ0v) is 15.9. The van der Waals surface area contributed by atoms with Crippen molar-refractivity contribution in [2.45, 2.75) is 65.3 Å². The number of rotatable bonds is 11. The van der Waals surface area contributed by atoms with Crippen molar-refractivity contribution >= 4 is 12.1 Å². The second-order valence-electron chi connectivity index (χ2n) is 5.40. The summed E-state index contributed by atoms with van der Waals surface area (Å²) < 4.78 is 1.82. The number of Topliss-reactive ketones (excluding diaryl/α,β-unsaturated/α-hetero) is 1. The molecule has 1 aromatic heterocycles. The molecule has 1 radical (unpaired) electrons. The number of hydrogen-bond acceptors (Lipinski definition) is 4. The predicted octanol–water partition coefficient (Wildman–Crippen LogP) is 2.49. The van der Waals surface area contributed by atoms with Crippen LogP contribution in [0.2, 0.25) is 0 Å². The molecule has 21 heavy (non-hydrogen) atoms. The molecule has 0 spiro atoms. The smallest absolute Gasteiger partial charge is 0.135 e. The molecule has 0 aromatic carbocycles. The van der Waals surface area contributed by atoms with E-state index in [1.807, 2.05) is 31.0 Å². The molecule has 1 rings (SSSR count). The van der Waals surface area contributed by atoms with Gasteiger partial charge in [-0.05, 0) is 25.7 Å². The van der Waals surface area contributed by atoms with E-state index >= 15 is 0 Å². The summed E-state index contributed by atoms with van der Waals surface area (Å²) in [5.74, 6) is 0.472. The van der Waals surface area contributed by atoms with E-state index in [0.29, 0.717) is 18.6 Å². The van der Waals surface area contributed by atoms with E-state index in [9.17, 15) is 9.59 Å². The fourth-order valence-electron chi connectivity index (χ4n) is 1.93. The van der Waals surface area contributed by atoms with Gasteiger partial charge in [0.25, 0.3) is 0 Å². The molecule has 0 atom stereocenters. The molecule has 5 nitrogen and oxygen atoms in total. The molecule has 1 heterocycles. The summed E-state index contributed by atoms with van der Waals surface area (Å²) in [7, 11) is 0.